The van der Waals surface area contributed by atoms with E-state index in [4.69, 9.17) is 5.11 Å². The maximum atomic E-state index is 10.7. The molecule has 3 nitrogen and oxygen atoms in total. The van der Waals surface area contributed by atoms with Crippen molar-refractivity contribution in [3.63, 3.8) is 0 Å². The molecule has 1 heterocycles. The van der Waals surface area contributed by atoms with Gasteiger partial charge in [-0.3, -0.25) is 0 Å². The third-order valence-corrected chi connectivity index (χ3v) is 3.42. The molecule has 1 saturated heterocycles. The summed E-state index contributed by atoms with van der Waals surface area (Å²) in [7, 11) is -2.77. The fraction of sp³-hybridized carbons (Fsp3) is 1.00. The van der Waals surface area contributed by atoms with Crippen LogP contribution >= 0.6 is 0 Å². The number of rotatable bonds is 1. The second-order valence-corrected chi connectivity index (χ2v) is 4.68. The summed E-state index contributed by atoms with van der Waals surface area (Å²) in [5.74, 6) is 0.455. The fourth-order valence-corrected chi connectivity index (χ4v) is 2.87. The van der Waals surface area contributed by atoms with Crippen molar-refractivity contribution >= 4 is 9.84 Å². The molecular weight excluding hydrogens is 140 g/mol. The number of hydrogen-bond donors (Lipinski definition) is 1. The van der Waals surface area contributed by atoms with Gasteiger partial charge in [-0.05, 0) is 12.3 Å². The molecule has 0 unspecified atom stereocenters. The van der Waals surface area contributed by atoms with Crippen molar-refractivity contribution in [3.05, 3.63) is 0 Å². The van der Waals surface area contributed by atoms with E-state index in [1.54, 1.807) is 0 Å². The Morgan fingerprint density at radius 3 is 2.44 bits per heavy atom. The van der Waals surface area contributed by atoms with E-state index in [-0.39, 0.29) is 24.0 Å². The Bertz CT molecular complexity index is 182. The molecule has 0 aromatic rings. The Morgan fingerprint density at radius 2 is 2.22 bits per heavy atom. The SMILES string of the molecule is O=S1(=O)CC[C@@H](CO)C1. The lowest BCUT2D eigenvalue weighted by molar-refractivity contribution is 0.241. The Hall–Kier alpha value is -0.0900. The highest BCUT2D eigenvalue weighted by molar-refractivity contribution is 7.91. The van der Waals surface area contributed by atoms with Gasteiger partial charge in [-0.2, -0.15) is 0 Å². The molecule has 0 aromatic heterocycles. The summed E-state index contributed by atoms with van der Waals surface area (Å²) >= 11 is 0. The largest absolute Gasteiger partial charge is 0.396 e. The normalized spacial score (nSPS) is 32.8. The van der Waals surface area contributed by atoms with Crippen molar-refractivity contribution in [2.24, 2.45) is 5.92 Å². The van der Waals surface area contributed by atoms with Crippen LogP contribution in [0.1, 0.15) is 6.42 Å². The van der Waals surface area contributed by atoms with Crippen LogP contribution in [0.25, 0.3) is 0 Å². The van der Waals surface area contributed by atoms with Crippen LogP contribution in [-0.4, -0.2) is 31.6 Å². The molecule has 0 bridgehead atoms. The standard InChI is InChI=1S/C5H10O3S/c6-3-5-1-2-9(7,8)4-5/h5-6H,1-4H2/t5-/m0/s1. The van der Waals surface area contributed by atoms with Gasteiger partial charge in [-0.15, -0.1) is 0 Å². The first-order valence-electron chi connectivity index (χ1n) is 2.95. The number of hydrogen-bond acceptors (Lipinski definition) is 3. The van der Waals surface area contributed by atoms with Crippen LogP contribution in [0.3, 0.4) is 0 Å². The third kappa shape index (κ3) is 1.66. The van der Waals surface area contributed by atoms with Crippen molar-refractivity contribution in [2.45, 2.75) is 6.42 Å². The highest BCUT2D eigenvalue weighted by Crippen LogP contribution is 2.16. The minimum absolute atomic E-state index is 0.00926. The third-order valence-electron chi connectivity index (χ3n) is 1.58. The van der Waals surface area contributed by atoms with Crippen LogP contribution in [0.4, 0.5) is 0 Å². The maximum Gasteiger partial charge on any atom is 0.150 e. The number of aliphatic hydroxyl groups excluding tert-OH is 1. The molecule has 54 valence electrons. The Balaban J connectivity index is 2.58. The van der Waals surface area contributed by atoms with Crippen LogP contribution in [-0.2, 0) is 9.84 Å². The fourth-order valence-electron chi connectivity index (χ4n) is 1.02. The van der Waals surface area contributed by atoms with Crippen molar-refractivity contribution in [1.29, 1.82) is 0 Å². The lowest BCUT2D eigenvalue weighted by Gasteiger charge is -1.97. The predicted molar refractivity (Wildman–Crippen MR) is 33.8 cm³/mol. The van der Waals surface area contributed by atoms with Crippen molar-refractivity contribution in [3.8, 4) is 0 Å². The zero-order valence-corrected chi connectivity index (χ0v) is 5.89. The molecule has 1 aliphatic rings. The highest BCUT2D eigenvalue weighted by Gasteiger charge is 2.26. The average Bonchev–Trinajstić information content (AvgIpc) is 2.10. The van der Waals surface area contributed by atoms with Crippen LogP contribution in [0, 0.1) is 5.92 Å². The van der Waals surface area contributed by atoms with Crippen LogP contribution in [0.15, 0.2) is 0 Å². The van der Waals surface area contributed by atoms with E-state index < -0.39 is 9.84 Å². The lowest BCUT2D eigenvalue weighted by Crippen LogP contribution is -2.07. The summed E-state index contributed by atoms with van der Waals surface area (Å²) in [6.45, 7) is 0.0131. The molecular formula is C5H10O3S. The minimum Gasteiger partial charge on any atom is -0.396 e. The van der Waals surface area contributed by atoms with E-state index in [2.05, 4.69) is 0 Å². The summed E-state index contributed by atoms with van der Waals surface area (Å²) < 4.78 is 21.4. The summed E-state index contributed by atoms with van der Waals surface area (Å²) in [5.41, 5.74) is 0. The van der Waals surface area contributed by atoms with Gasteiger partial charge in [-0.1, -0.05) is 0 Å². The first kappa shape index (κ1) is 7.02. The van der Waals surface area contributed by atoms with Crippen LogP contribution < -0.4 is 0 Å². The van der Waals surface area contributed by atoms with Crippen molar-refractivity contribution < 1.29 is 13.5 Å². The zero-order chi connectivity index (χ0) is 6.91. The van der Waals surface area contributed by atoms with Gasteiger partial charge in [0.2, 0.25) is 0 Å². The van der Waals surface area contributed by atoms with Gasteiger partial charge in [0.1, 0.15) is 0 Å². The summed E-state index contributed by atoms with van der Waals surface area (Å²) in [6.07, 6.45) is 0.638. The summed E-state index contributed by atoms with van der Waals surface area (Å²) in [4.78, 5) is 0. The molecule has 1 aliphatic heterocycles. The van der Waals surface area contributed by atoms with E-state index in [1.165, 1.54) is 0 Å². The second-order valence-electron chi connectivity index (χ2n) is 2.45. The molecule has 0 aliphatic carbocycles. The Kier molecular flexibility index (Phi) is 1.77. The van der Waals surface area contributed by atoms with E-state index in [9.17, 15) is 8.42 Å². The number of aliphatic hydroxyl groups is 1. The minimum atomic E-state index is -2.77. The van der Waals surface area contributed by atoms with Gasteiger partial charge in [-0.25, -0.2) is 8.42 Å². The molecule has 0 aromatic carbocycles. The molecule has 1 atom stereocenters. The van der Waals surface area contributed by atoms with Gasteiger partial charge >= 0.3 is 0 Å². The maximum absolute atomic E-state index is 10.7. The van der Waals surface area contributed by atoms with Gasteiger partial charge in [0, 0.05) is 6.61 Å². The number of sulfone groups is 1. The predicted octanol–water partition coefficient (Wildman–Crippen LogP) is -0.587. The van der Waals surface area contributed by atoms with Gasteiger partial charge < -0.3 is 5.11 Å². The Labute approximate surface area is 54.6 Å². The van der Waals surface area contributed by atoms with Crippen molar-refractivity contribution in [2.75, 3.05) is 18.1 Å². The molecule has 0 saturated carbocycles. The second kappa shape index (κ2) is 2.27. The van der Waals surface area contributed by atoms with E-state index in [0.717, 1.165) is 0 Å². The first-order valence-corrected chi connectivity index (χ1v) is 4.77. The summed E-state index contributed by atoms with van der Waals surface area (Å²) in [5, 5.41) is 8.53. The molecule has 9 heavy (non-hydrogen) atoms. The van der Waals surface area contributed by atoms with Gasteiger partial charge in [0.15, 0.2) is 9.84 Å². The quantitative estimate of drug-likeness (QED) is 0.543. The van der Waals surface area contributed by atoms with Crippen molar-refractivity contribution in [1.82, 2.24) is 0 Å². The lowest BCUT2D eigenvalue weighted by atomic mass is 10.1. The molecule has 0 spiro atoms. The summed E-state index contributed by atoms with van der Waals surface area (Å²) in [6, 6.07) is 0. The first-order chi connectivity index (χ1) is 4.14. The van der Waals surface area contributed by atoms with Crippen LogP contribution in [0.2, 0.25) is 0 Å². The molecule has 1 fully saturated rings. The molecule has 1 N–H and O–H groups in total. The topological polar surface area (TPSA) is 54.4 Å². The highest BCUT2D eigenvalue weighted by atomic mass is 32.2. The van der Waals surface area contributed by atoms with E-state index in [0.29, 0.717) is 6.42 Å². The Morgan fingerprint density at radius 1 is 1.56 bits per heavy atom. The average molecular weight is 150 g/mol. The monoisotopic (exact) mass is 150 g/mol. The zero-order valence-electron chi connectivity index (χ0n) is 5.08. The van der Waals surface area contributed by atoms with Crippen LogP contribution in [0.5, 0.6) is 0 Å². The molecule has 4 heteroatoms. The molecule has 0 amide bonds. The molecule has 0 radical (unpaired) electrons. The molecule has 1 rings (SSSR count). The van der Waals surface area contributed by atoms with Gasteiger partial charge in [0.25, 0.3) is 0 Å². The smallest absolute Gasteiger partial charge is 0.150 e. The van der Waals surface area contributed by atoms with Gasteiger partial charge in [0.05, 0.1) is 11.5 Å². The van der Waals surface area contributed by atoms with E-state index >= 15 is 0 Å². The van der Waals surface area contributed by atoms with E-state index in [1.807, 2.05) is 0 Å².